The molecule has 0 aromatic heterocycles. The van der Waals surface area contributed by atoms with Gasteiger partial charge in [-0.15, -0.1) is 0 Å². The summed E-state index contributed by atoms with van der Waals surface area (Å²) in [4.78, 5) is 0. The van der Waals surface area contributed by atoms with Gasteiger partial charge in [-0.05, 0) is 30.0 Å². The molecule has 1 aliphatic carbocycles. The second-order valence-electron chi connectivity index (χ2n) is 4.62. The molecule has 0 aliphatic heterocycles. The van der Waals surface area contributed by atoms with E-state index in [1.165, 1.54) is 37.8 Å². The minimum absolute atomic E-state index is 0.0660. The molecule has 1 atom stereocenters. The maximum atomic E-state index is 12.8. The van der Waals surface area contributed by atoms with Gasteiger partial charge in [0.05, 0.1) is 12.0 Å². The van der Waals surface area contributed by atoms with Crippen molar-refractivity contribution < 1.29 is 4.39 Å². The zero-order valence-electron chi connectivity index (χ0n) is 9.32. The van der Waals surface area contributed by atoms with Crippen LogP contribution in [0.25, 0.3) is 0 Å². The minimum Gasteiger partial charge on any atom is -0.207 e. The van der Waals surface area contributed by atoms with Crippen molar-refractivity contribution in [3.8, 4) is 6.07 Å². The Labute approximate surface area is 95.9 Å². The second kappa shape index (κ2) is 5.12. The fourth-order valence-electron chi connectivity index (χ4n) is 2.54. The van der Waals surface area contributed by atoms with Crippen LogP contribution < -0.4 is 0 Å². The molecule has 2 heteroatoms. The lowest BCUT2D eigenvalue weighted by molar-refractivity contribution is 0.482. The quantitative estimate of drug-likeness (QED) is 0.750. The van der Waals surface area contributed by atoms with Crippen LogP contribution in [0.15, 0.2) is 24.3 Å². The van der Waals surface area contributed by atoms with E-state index in [-0.39, 0.29) is 11.7 Å². The van der Waals surface area contributed by atoms with Crippen LogP contribution in [-0.2, 0) is 0 Å². The number of hydrogen-bond donors (Lipinski definition) is 0. The molecule has 2 rings (SSSR count). The van der Waals surface area contributed by atoms with E-state index < -0.39 is 0 Å². The van der Waals surface area contributed by atoms with Gasteiger partial charge in [0.1, 0.15) is 5.82 Å². The summed E-state index contributed by atoms with van der Waals surface area (Å²) in [5, 5.41) is 9.17. The van der Waals surface area contributed by atoms with Crippen molar-refractivity contribution >= 4 is 0 Å². The highest BCUT2D eigenvalue weighted by atomic mass is 19.1. The van der Waals surface area contributed by atoms with Crippen LogP contribution in [0.4, 0.5) is 4.39 Å². The number of nitrogens with zero attached hydrogens (tertiary/aromatic N) is 1. The summed E-state index contributed by atoms with van der Waals surface area (Å²) in [5.74, 6) is 0.389. The Kier molecular flexibility index (Phi) is 3.56. The number of nitriles is 1. The van der Waals surface area contributed by atoms with Crippen LogP contribution in [-0.4, -0.2) is 0 Å². The first-order valence-corrected chi connectivity index (χ1v) is 5.94. The standard InChI is InChI=1S/C14H16FN/c15-14-7-5-12(6-8-14)13(10-16)9-11-3-1-2-4-11/h5-8,11,13H,1-4,9H2/t13-/m0/s1. The van der Waals surface area contributed by atoms with E-state index in [0.29, 0.717) is 5.92 Å². The Morgan fingerprint density at radius 3 is 2.44 bits per heavy atom. The first-order chi connectivity index (χ1) is 7.79. The van der Waals surface area contributed by atoms with Gasteiger partial charge < -0.3 is 0 Å². The molecule has 1 aromatic rings. The van der Waals surface area contributed by atoms with Gasteiger partial charge in [0.15, 0.2) is 0 Å². The molecule has 0 saturated heterocycles. The summed E-state index contributed by atoms with van der Waals surface area (Å²) in [6, 6.07) is 8.69. The first kappa shape index (κ1) is 11.1. The Bertz CT molecular complexity index is 371. The van der Waals surface area contributed by atoms with Gasteiger partial charge in [-0.2, -0.15) is 5.26 Å². The highest BCUT2D eigenvalue weighted by Crippen LogP contribution is 2.33. The van der Waals surface area contributed by atoms with Crippen molar-refractivity contribution in [1.82, 2.24) is 0 Å². The van der Waals surface area contributed by atoms with Crippen molar-refractivity contribution in [1.29, 1.82) is 5.26 Å². The molecule has 0 radical (unpaired) electrons. The summed E-state index contributed by atoms with van der Waals surface area (Å²) >= 11 is 0. The van der Waals surface area contributed by atoms with E-state index >= 15 is 0 Å². The van der Waals surface area contributed by atoms with Crippen molar-refractivity contribution in [3.05, 3.63) is 35.6 Å². The van der Waals surface area contributed by atoms with Crippen molar-refractivity contribution in [2.45, 2.75) is 38.0 Å². The molecular weight excluding hydrogens is 201 g/mol. The number of hydrogen-bond acceptors (Lipinski definition) is 1. The van der Waals surface area contributed by atoms with Gasteiger partial charge in [-0.3, -0.25) is 0 Å². The van der Waals surface area contributed by atoms with Gasteiger partial charge in [-0.25, -0.2) is 4.39 Å². The molecule has 0 amide bonds. The largest absolute Gasteiger partial charge is 0.207 e. The Balaban J connectivity index is 2.04. The van der Waals surface area contributed by atoms with Crippen LogP contribution in [0.3, 0.4) is 0 Å². The summed E-state index contributed by atoms with van der Waals surface area (Å²) in [6.07, 6.45) is 6.03. The van der Waals surface area contributed by atoms with Crippen molar-refractivity contribution in [2.24, 2.45) is 5.92 Å². The maximum absolute atomic E-state index is 12.8. The highest BCUT2D eigenvalue weighted by Gasteiger charge is 2.21. The van der Waals surface area contributed by atoms with Gasteiger partial charge >= 0.3 is 0 Å². The first-order valence-electron chi connectivity index (χ1n) is 5.94. The topological polar surface area (TPSA) is 23.8 Å². The molecule has 1 nitrogen and oxygen atoms in total. The van der Waals surface area contributed by atoms with Crippen LogP contribution in [0.1, 0.15) is 43.6 Å². The van der Waals surface area contributed by atoms with E-state index in [0.717, 1.165) is 12.0 Å². The third kappa shape index (κ3) is 2.61. The van der Waals surface area contributed by atoms with E-state index in [1.807, 2.05) is 0 Å². The normalized spacial score (nSPS) is 18.2. The summed E-state index contributed by atoms with van der Waals surface area (Å²) in [5.41, 5.74) is 0.954. The molecule has 0 bridgehead atoms. The number of benzene rings is 1. The zero-order valence-corrected chi connectivity index (χ0v) is 9.32. The fraction of sp³-hybridized carbons (Fsp3) is 0.500. The van der Waals surface area contributed by atoms with E-state index in [4.69, 9.17) is 5.26 Å². The van der Waals surface area contributed by atoms with Crippen LogP contribution in [0.2, 0.25) is 0 Å². The second-order valence-corrected chi connectivity index (χ2v) is 4.62. The molecule has 1 aromatic carbocycles. The molecule has 0 heterocycles. The van der Waals surface area contributed by atoms with E-state index in [1.54, 1.807) is 12.1 Å². The van der Waals surface area contributed by atoms with Gasteiger partial charge in [-0.1, -0.05) is 37.8 Å². The highest BCUT2D eigenvalue weighted by molar-refractivity contribution is 5.25. The molecular formula is C14H16FN. The van der Waals surface area contributed by atoms with Gasteiger partial charge in [0, 0.05) is 0 Å². The van der Waals surface area contributed by atoms with Crippen LogP contribution >= 0.6 is 0 Å². The van der Waals surface area contributed by atoms with Gasteiger partial charge in [0.2, 0.25) is 0 Å². The molecule has 16 heavy (non-hydrogen) atoms. The number of rotatable bonds is 3. The van der Waals surface area contributed by atoms with E-state index in [2.05, 4.69) is 6.07 Å². The van der Waals surface area contributed by atoms with Crippen LogP contribution in [0, 0.1) is 23.1 Å². The third-order valence-corrected chi connectivity index (χ3v) is 3.47. The Morgan fingerprint density at radius 1 is 1.25 bits per heavy atom. The lowest BCUT2D eigenvalue weighted by Crippen LogP contribution is -2.03. The Hall–Kier alpha value is -1.36. The SMILES string of the molecule is N#C[C@H](CC1CCCC1)c1ccc(F)cc1. The summed E-state index contributed by atoms with van der Waals surface area (Å²) in [6.45, 7) is 0. The predicted molar refractivity (Wildman–Crippen MR) is 61.3 cm³/mol. The smallest absolute Gasteiger partial charge is 0.123 e. The molecule has 1 aliphatic rings. The molecule has 1 saturated carbocycles. The lowest BCUT2D eigenvalue weighted by atomic mass is 9.89. The fourth-order valence-corrected chi connectivity index (χ4v) is 2.54. The monoisotopic (exact) mass is 217 g/mol. The third-order valence-electron chi connectivity index (χ3n) is 3.47. The maximum Gasteiger partial charge on any atom is 0.123 e. The van der Waals surface area contributed by atoms with Crippen LogP contribution in [0.5, 0.6) is 0 Å². The summed E-state index contributed by atoms with van der Waals surface area (Å²) < 4.78 is 12.8. The molecule has 0 unspecified atom stereocenters. The van der Waals surface area contributed by atoms with Crippen molar-refractivity contribution in [2.75, 3.05) is 0 Å². The zero-order chi connectivity index (χ0) is 11.4. The molecule has 0 spiro atoms. The Morgan fingerprint density at radius 2 is 1.88 bits per heavy atom. The molecule has 84 valence electrons. The minimum atomic E-state index is -0.235. The number of halogens is 1. The predicted octanol–water partition coefficient (Wildman–Crippen LogP) is 4.01. The van der Waals surface area contributed by atoms with Crippen molar-refractivity contribution in [3.63, 3.8) is 0 Å². The van der Waals surface area contributed by atoms with Gasteiger partial charge in [0.25, 0.3) is 0 Å². The molecule has 1 fully saturated rings. The molecule has 0 N–H and O–H groups in total. The van der Waals surface area contributed by atoms with E-state index in [9.17, 15) is 4.39 Å². The average molecular weight is 217 g/mol. The lowest BCUT2D eigenvalue weighted by Gasteiger charge is -2.14. The summed E-state index contributed by atoms with van der Waals surface area (Å²) in [7, 11) is 0. The average Bonchev–Trinajstić information content (AvgIpc) is 2.80.